The van der Waals surface area contributed by atoms with Crippen LogP contribution >= 0.6 is 0 Å². The number of nitrogens with two attached hydrogens (primary N) is 1. The second-order valence-electron chi connectivity index (χ2n) is 7.24. The molecule has 0 radical (unpaired) electrons. The predicted molar refractivity (Wildman–Crippen MR) is 102 cm³/mol. The van der Waals surface area contributed by atoms with Crippen molar-refractivity contribution in [3.05, 3.63) is 35.4 Å². The van der Waals surface area contributed by atoms with Crippen molar-refractivity contribution < 1.29 is 4.74 Å². The highest BCUT2D eigenvalue weighted by Gasteiger charge is 2.12. The molecule has 0 unspecified atom stereocenters. The van der Waals surface area contributed by atoms with E-state index in [-0.39, 0.29) is 0 Å². The monoisotopic (exact) mass is 344 g/mol. The molecular formula is C20H32N4O. The Morgan fingerprint density at radius 2 is 1.68 bits per heavy atom. The van der Waals surface area contributed by atoms with Crippen LogP contribution in [0.3, 0.4) is 0 Å². The lowest BCUT2D eigenvalue weighted by molar-refractivity contribution is 0.0342. The molecule has 3 rings (SSSR count). The standard InChI is InChI=1S/C20H32N4O/c21-20(23-19-5-3-1-2-4-6-19)22-15-17-7-9-18(10-8-17)16-24-11-13-25-14-12-24/h7-10,19H,1-6,11-16H2,(H3,21,22,23). The van der Waals surface area contributed by atoms with Crippen LogP contribution in [0.5, 0.6) is 0 Å². The van der Waals surface area contributed by atoms with Crippen LogP contribution in [-0.2, 0) is 17.8 Å². The molecular weight excluding hydrogens is 312 g/mol. The molecule has 0 spiro atoms. The minimum Gasteiger partial charge on any atom is -0.379 e. The van der Waals surface area contributed by atoms with Crippen LogP contribution in [-0.4, -0.2) is 43.2 Å². The summed E-state index contributed by atoms with van der Waals surface area (Å²) in [5.41, 5.74) is 8.63. The topological polar surface area (TPSA) is 62.9 Å². The van der Waals surface area contributed by atoms with E-state index in [4.69, 9.17) is 10.5 Å². The van der Waals surface area contributed by atoms with Gasteiger partial charge in [0.05, 0.1) is 19.8 Å². The van der Waals surface area contributed by atoms with Crippen molar-refractivity contribution in [2.24, 2.45) is 10.7 Å². The summed E-state index contributed by atoms with van der Waals surface area (Å²) in [6.07, 6.45) is 7.74. The Kier molecular flexibility index (Phi) is 7.12. The molecule has 0 amide bonds. The maximum atomic E-state index is 6.08. The number of benzene rings is 1. The van der Waals surface area contributed by atoms with Gasteiger partial charge in [-0.05, 0) is 24.0 Å². The fourth-order valence-electron chi connectivity index (χ4n) is 3.62. The maximum absolute atomic E-state index is 6.08. The molecule has 5 nitrogen and oxygen atoms in total. The summed E-state index contributed by atoms with van der Waals surface area (Å²) >= 11 is 0. The van der Waals surface area contributed by atoms with Crippen molar-refractivity contribution in [3.63, 3.8) is 0 Å². The van der Waals surface area contributed by atoms with E-state index in [1.807, 2.05) is 0 Å². The van der Waals surface area contributed by atoms with Gasteiger partial charge in [0.1, 0.15) is 0 Å². The summed E-state index contributed by atoms with van der Waals surface area (Å²) in [5, 5.41) is 3.40. The van der Waals surface area contributed by atoms with E-state index in [0.29, 0.717) is 18.5 Å². The molecule has 1 aliphatic heterocycles. The fourth-order valence-corrected chi connectivity index (χ4v) is 3.62. The highest BCUT2D eigenvalue weighted by Crippen LogP contribution is 2.17. The number of nitrogens with zero attached hydrogens (tertiary/aromatic N) is 2. The Bertz CT molecular complexity index is 529. The first-order chi connectivity index (χ1) is 12.3. The number of nitrogens with one attached hydrogen (secondary N) is 1. The molecule has 3 N–H and O–H groups in total. The number of rotatable bonds is 5. The van der Waals surface area contributed by atoms with E-state index in [1.54, 1.807) is 0 Å². The van der Waals surface area contributed by atoms with Crippen molar-refractivity contribution in [1.82, 2.24) is 10.2 Å². The quantitative estimate of drug-likeness (QED) is 0.490. The molecule has 0 aromatic heterocycles. The van der Waals surface area contributed by atoms with Gasteiger partial charge < -0.3 is 15.8 Å². The van der Waals surface area contributed by atoms with Gasteiger partial charge in [-0.15, -0.1) is 0 Å². The van der Waals surface area contributed by atoms with Crippen LogP contribution in [0.4, 0.5) is 0 Å². The summed E-state index contributed by atoms with van der Waals surface area (Å²) in [6.45, 7) is 5.38. The van der Waals surface area contributed by atoms with Crippen molar-refractivity contribution >= 4 is 5.96 Å². The third-order valence-corrected chi connectivity index (χ3v) is 5.17. The SMILES string of the molecule is NC(=NCc1ccc(CN2CCOCC2)cc1)NC1CCCCCC1. The highest BCUT2D eigenvalue weighted by molar-refractivity contribution is 5.78. The van der Waals surface area contributed by atoms with E-state index in [1.165, 1.54) is 49.7 Å². The second kappa shape index (κ2) is 9.78. The number of aliphatic imine (C=N–C) groups is 1. The first-order valence-corrected chi connectivity index (χ1v) is 9.74. The molecule has 25 heavy (non-hydrogen) atoms. The van der Waals surface area contributed by atoms with E-state index in [2.05, 4.69) is 39.5 Å². The molecule has 2 fully saturated rings. The lowest BCUT2D eigenvalue weighted by Gasteiger charge is -2.26. The van der Waals surface area contributed by atoms with E-state index >= 15 is 0 Å². The first-order valence-electron chi connectivity index (χ1n) is 9.74. The Hall–Kier alpha value is -1.59. The zero-order valence-electron chi connectivity index (χ0n) is 15.3. The zero-order valence-corrected chi connectivity index (χ0v) is 15.3. The zero-order chi connectivity index (χ0) is 17.3. The van der Waals surface area contributed by atoms with Gasteiger partial charge in [0, 0.05) is 25.7 Å². The number of hydrogen-bond acceptors (Lipinski definition) is 3. The molecule has 1 heterocycles. The van der Waals surface area contributed by atoms with Gasteiger partial charge in [-0.3, -0.25) is 4.90 Å². The molecule has 138 valence electrons. The molecule has 1 aromatic carbocycles. The number of guanidine groups is 1. The Morgan fingerprint density at radius 1 is 1.04 bits per heavy atom. The smallest absolute Gasteiger partial charge is 0.189 e. The second-order valence-corrected chi connectivity index (χ2v) is 7.24. The van der Waals surface area contributed by atoms with Gasteiger partial charge in [-0.2, -0.15) is 0 Å². The van der Waals surface area contributed by atoms with Crippen molar-refractivity contribution in [3.8, 4) is 0 Å². The summed E-state index contributed by atoms with van der Waals surface area (Å²) in [7, 11) is 0. The van der Waals surface area contributed by atoms with Gasteiger partial charge in [-0.1, -0.05) is 49.9 Å². The van der Waals surface area contributed by atoms with Crippen LogP contribution in [0.1, 0.15) is 49.7 Å². The minimum atomic E-state index is 0.502. The van der Waals surface area contributed by atoms with Gasteiger partial charge in [0.2, 0.25) is 0 Å². The Morgan fingerprint density at radius 3 is 2.36 bits per heavy atom. The van der Waals surface area contributed by atoms with Gasteiger partial charge in [0.15, 0.2) is 5.96 Å². The summed E-state index contributed by atoms with van der Waals surface area (Å²) < 4.78 is 5.40. The normalized spacial score (nSPS) is 21.0. The van der Waals surface area contributed by atoms with Gasteiger partial charge >= 0.3 is 0 Å². The van der Waals surface area contributed by atoms with Crippen LogP contribution in [0.25, 0.3) is 0 Å². The van der Waals surface area contributed by atoms with Crippen molar-refractivity contribution in [2.45, 2.75) is 57.7 Å². The molecule has 5 heteroatoms. The van der Waals surface area contributed by atoms with Crippen LogP contribution in [0.2, 0.25) is 0 Å². The first kappa shape index (κ1) is 18.2. The third kappa shape index (κ3) is 6.33. The van der Waals surface area contributed by atoms with Crippen molar-refractivity contribution in [2.75, 3.05) is 26.3 Å². The average molecular weight is 345 g/mol. The Balaban J connectivity index is 1.45. The van der Waals surface area contributed by atoms with E-state index in [9.17, 15) is 0 Å². The number of ether oxygens (including phenoxy) is 1. The van der Waals surface area contributed by atoms with E-state index in [0.717, 1.165) is 32.8 Å². The van der Waals surface area contributed by atoms with Crippen LogP contribution in [0, 0.1) is 0 Å². The average Bonchev–Trinajstić information content (AvgIpc) is 2.91. The molecule has 1 aliphatic carbocycles. The largest absolute Gasteiger partial charge is 0.379 e. The molecule has 0 atom stereocenters. The lowest BCUT2D eigenvalue weighted by atomic mass is 10.1. The van der Waals surface area contributed by atoms with Gasteiger partial charge in [0.25, 0.3) is 0 Å². The Labute approximate surface area is 151 Å². The van der Waals surface area contributed by atoms with E-state index < -0.39 is 0 Å². The summed E-state index contributed by atoms with van der Waals surface area (Å²) in [6, 6.07) is 9.24. The highest BCUT2D eigenvalue weighted by atomic mass is 16.5. The molecule has 1 aromatic rings. The number of hydrogen-bond donors (Lipinski definition) is 2. The molecule has 1 saturated heterocycles. The summed E-state index contributed by atoms with van der Waals surface area (Å²) in [5.74, 6) is 0.587. The summed E-state index contributed by atoms with van der Waals surface area (Å²) in [4.78, 5) is 6.96. The van der Waals surface area contributed by atoms with Crippen LogP contribution < -0.4 is 11.1 Å². The predicted octanol–water partition coefficient (Wildman–Crippen LogP) is 2.65. The fraction of sp³-hybridized carbons (Fsp3) is 0.650. The molecule has 0 bridgehead atoms. The number of morpholine rings is 1. The molecule has 1 saturated carbocycles. The van der Waals surface area contributed by atoms with Gasteiger partial charge in [-0.25, -0.2) is 4.99 Å². The maximum Gasteiger partial charge on any atom is 0.189 e. The minimum absolute atomic E-state index is 0.502. The van der Waals surface area contributed by atoms with Crippen molar-refractivity contribution in [1.29, 1.82) is 0 Å². The third-order valence-electron chi connectivity index (χ3n) is 5.17. The van der Waals surface area contributed by atoms with Crippen LogP contribution in [0.15, 0.2) is 29.3 Å². The lowest BCUT2D eigenvalue weighted by Crippen LogP contribution is -2.39. The molecule has 2 aliphatic rings.